The molecule has 0 aromatic heterocycles. The second-order valence-corrected chi connectivity index (χ2v) is 6.45. The maximum atomic E-state index is 11.5. The van der Waals surface area contributed by atoms with E-state index in [1.165, 1.54) is 0 Å². The van der Waals surface area contributed by atoms with Gasteiger partial charge in [0, 0.05) is 26.4 Å². The molecule has 1 N–H and O–H groups in total. The molecule has 1 rings (SSSR count). The van der Waals surface area contributed by atoms with Crippen molar-refractivity contribution in [2.75, 3.05) is 32.3 Å². The van der Waals surface area contributed by atoms with Gasteiger partial charge in [-0.3, -0.25) is 4.79 Å². The fraction of sp³-hybridized carbons (Fsp3) is 0.900. The molecule has 100 valence electrons. The molecule has 1 saturated heterocycles. The predicted molar refractivity (Wildman–Crippen MR) is 62.5 cm³/mol. The van der Waals surface area contributed by atoms with Crippen molar-refractivity contribution in [3.63, 3.8) is 0 Å². The van der Waals surface area contributed by atoms with Crippen molar-refractivity contribution in [3.05, 3.63) is 0 Å². The Kier molecular flexibility index (Phi) is 5.35. The Morgan fingerprint density at radius 1 is 1.53 bits per heavy atom. The Balaban J connectivity index is 2.38. The molecule has 1 aliphatic heterocycles. The third kappa shape index (κ3) is 5.47. The van der Waals surface area contributed by atoms with Gasteiger partial charge in [-0.05, 0) is 6.42 Å². The number of methoxy groups -OCH3 is 1. The molecular formula is C10H19NO5S. The lowest BCUT2D eigenvalue weighted by Gasteiger charge is -2.30. The fourth-order valence-corrected chi connectivity index (χ4v) is 2.25. The minimum atomic E-state index is -3.10. The molecule has 1 fully saturated rings. The van der Waals surface area contributed by atoms with E-state index in [4.69, 9.17) is 9.47 Å². The summed E-state index contributed by atoms with van der Waals surface area (Å²) in [6.45, 7) is 1.03. The number of carbonyl (C=O) groups is 1. The van der Waals surface area contributed by atoms with Crippen molar-refractivity contribution in [2.45, 2.75) is 25.0 Å². The van der Waals surface area contributed by atoms with Gasteiger partial charge in [0.15, 0.2) is 0 Å². The number of hydrogen-bond donors (Lipinski definition) is 1. The minimum absolute atomic E-state index is 0.0221. The van der Waals surface area contributed by atoms with Crippen molar-refractivity contribution < 1.29 is 22.7 Å². The van der Waals surface area contributed by atoms with E-state index in [2.05, 4.69) is 5.32 Å². The Morgan fingerprint density at radius 2 is 2.24 bits per heavy atom. The van der Waals surface area contributed by atoms with Crippen LogP contribution in [-0.4, -0.2) is 58.8 Å². The summed E-state index contributed by atoms with van der Waals surface area (Å²) in [7, 11) is -1.51. The summed E-state index contributed by atoms with van der Waals surface area (Å²) in [5, 5.41) is 2.74. The van der Waals surface area contributed by atoms with Crippen LogP contribution >= 0.6 is 0 Å². The summed E-state index contributed by atoms with van der Waals surface area (Å²) >= 11 is 0. The Bertz CT molecular complexity index is 354. The molecule has 1 aliphatic rings. The standard InChI is InChI=1S/C10H19NO5S/c1-15-9-3-5-16-7-8(9)11-10(12)4-6-17(2,13)14/h8-9H,3-7H2,1-2H3,(H,11,12)/t8-,9-/m1/s1. The number of ether oxygens (including phenoxy) is 2. The van der Waals surface area contributed by atoms with Gasteiger partial charge in [-0.1, -0.05) is 0 Å². The first-order valence-corrected chi connectivity index (χ1v) is 7.56. The molecule has 6 nitrogen and oxygen atoms in total. The van der Waals surface area contributed by atoms with E-state index in [0.29, 0.717) is 13.2 Å². The number of hydrogen-bond acceptors (Lipinski definition) is 5. The van der Waals surface area contributed by atoms with Gasteiger partial charge in [0.25, 0.3) is 0 Å². The minimum Gasteiger partial charge on any atom is -0.379 e. The maximum Gasteiger partial charge on any atom is 0.221 e. The molecule has 2 atom stereocenters. The molecule has 1 amide bonds. The second-order valence-electron chi connectivity index (χ2n) is 4.19. The lowest BCUT2D eigenvalue weighted by molar-refractivity contribution is -0.124. The van der Waals surface area contributed by atoms with Crippen LogP contribution in [0.4, 0.5) is 0 Å². The molecule has 0 radical (unpaired) electrons. The largest absolute Gasteiger partial charge is 0.379 e. The maximum absolute atomic E-state index is 11.5. The van der Waals surface area contributed by atoms with Crippen LogP contribution in [0.15, 0.2) is 0 Å². The van der Waals surface area contributed by atoms with Gasteiger partial charge in [-0.15, -0.1) is 0 Å². The number of sulfone groups is 1. The van der Waals surface area contributed by atoms with Crippen molar-refractivity contribution in [1.29, 1.82) is 0 Å². The summed E-state index contributed by atoms with van der Waals surface area (Å²) in [5.41, 5.74) is 0. The van der Waals surface area contributed by atoms with Crippen LogP contribution in [0.1, 0.15) is 12.8 Å². The van der Waals surface area contributed by atoms with Gasteiger partial charge in [0.05, 0.1) is 24.5 Å². The average Bonchev–Trinajstić information content (AvgIpc) is 2.26. The molecular weight excluding hydrogens is 246 g/mol. The van der Waals surface area contributed by atoms with Gasteiger partial charge < -0.3 is 14.8 Å². The lowest BCUT2D eigenvalue weighted by atomic mass is 10.1. The number of carbonyl (C=O) groups excluding carboxylic acids is 1. The van der Waals surface area contributed by atoms with Crippen molar-refractivity contribution in [3.8, 4) is 0 Å². The molecule has 1 heterocycles. The van der Waals surface area contributed by atoms with Crippen LogP contribution in [0.3, 0.4) is 0 Å². The highest BCUT2D eigenvalue weighted by molar-refractivity contribution is 7.90. The monoisotopic (exact) mass is 265 g/mol. The second kappa shape index (κ2) is 6.32. The van der Waals surface area contributed by atoms with Crippen molar-refractivity contribution >= 4 is 15.7 Å². The normalized spacial score (nSPS) is 25.5. The Hall–Kier alpha value is -0.660. The van der Waals surface area contributed by atoms with Gasteiger partial charge in [0.2, 0.25) is 5.91 Å². The number of amides is 1. The summed E-state index contributed by atoms with van der Waals surface area (Å²) in [5.74, 6) is -0.419. The van der Waals surface area contributed by atoms with E-state index < -0.39 is 9.84 Å². The molecule has 7 heteroatoms. The van der Waals surface area contributed by atoms with Crippen LogP contribution in [0.5, 0.6) is 0 Å². The lowest BCUT2D eigenvalue weighted by Crippen LogP contribution is -2.50. The van der Waals surface area contributed by atoms with Crippen LogP contribution in [0, 0.1) is 0 Å². The topological polar surface area (TPSA) is 81.7 Å². The Morgan fingerprint density at radius 3 is 2.82 bits per heavy atom. The first-order chi connectivity index (χ1) is 7.92. The molecule has 0 aromatic rings. The molecule has 0 saturated carbocycles. The van der Waals surface area contributed by atoms with Crippen molar-refractivity contribution in [2.24, 2.45) is 0 Å². The van der Waals surface area contributed by atoms with E-state index in [-0.39, 0.29) is 30.2 Å². The number of nitrogens with one attached hydrogen (secondary N) is 1. The molecule has 0 unspecified atom stereocenters. The summed E-state index contributed by atoms with van der Waals surface area (Å²) < 4.78 is 32.3. The van der Waals surface area contributed by atoms with Gasteiger partial charge >= 0.3 is 0 Å². The molecule has 0 spiro atoms. The molecule has 0 aromatic carbocycles. The van der Waals surface area contributed by atoms with Crippen LogP contribution < -0.4 is 5.32 Å². The van der Waals surface area contributed by atoms with Crippen LogP contribution in [-0.2, 0) is 24.1 Å². The zero-order valence-corrected chi connectivity index (χ0v) is 11.0. The van der Waals surface area contributed by atoms with E-state index in [1.807, 2.05) is 0 Å². The zero-order valence-electron chi connectivity index (χ0n) is 10.1. The van der Waals surface area contributed by atoms with Crippen LogP contribution in [0.25, 0.3) is 0 Å². The smallest absolute Gasteiger partial charge is 0.221 e. The third-order valence-electron chi connectivity index (χ3n) is 2.64. The molecule has 0 aliphatic carbocycles. The summed E-state index contributed by atoms with van der Waals surface area (Å²) in [4.78, 5) is 11.5. The first kappa shape index (κ1) is 14.4. The third-order valence-corrected chi connectivity index (χ3v) is 3.59. The van der Waals surface area contributed by atoms with Gasteiger partial charge in [-0.2, -0.15) is 0 Å². The van der Waals surface area contributed by atoms with E-state index >= 15 is 0 Å². The van der Waals surface area contributed by atoms with Gasteiger partial charge in [-0.25, -0.2) is 8.42 Å². The molecule has 0 bridgehead atoms. The summed E-state index contributed by atoms with van der Waals surface area (Å²) in [6.07, 6.45) is 1.76. The van der Waals surface area contributed by atoms with E-state index in [0.717, 1.165) is 12.7 Å². The fourth-order valence-electron chi connectivity index (χ4n) is 1.69. The SMILES string of the molecule is CO[C@@H]1CCOC[C@H]1NC(=O)CCS(C)(=O)=O. The van der Waals surface area contributed by atoms with Crippen molar-refractivity contribution in [1.82, 2.24) is 5.32 Å². The van der Waals surface area contributed by atoms with Gasteiger partial charge in [0.1, 0.15) is 9.84 Å². The Labute approximate surface area is 102 Å². The summed E-state index contributed by atoms with van der Waals surface area (Å²) in [6, 6.07) is -0.194. The van der Waals surface area contributed by atoms with E-state index in [9.17, 15) is 13.2 Å². The van der Waals surface area contributed by atoms with E-state index in [1.54, 1.807) is 7.11 Å². The predicted octanol–water partition coefficient (Wildman–Crippen LogP) is -0.659. The quantitative estimate of drug-likeness (QED) is 0.714. The van der Waals surface area contributed by atoms with Crippen LogP contribution in [0.2, 0.25) is 0 Å². The highest BCUT2D eigenvalue weighted by atomic mass is 32.2. The zero-order chi connectivity index (χ0) is 12.9. The number of rotatable bonds is 5. The first-order valence-electron chi connectivity index (χ1n) is 5.50. The average molecular weight is 265 g/mol. The highest BCUT2D eigenvalue weighted by Gasteiger charge is 2.26. The molecule has 17 heavy (non-hydrogen) atoms. The highest BCUT2D eigenvalue weighted by Crippen LogP contribution is 2.11.